The Bertz CT molecular complexity index is 3300. The van der Waals surface area contributed by atoms with Crippen molar-refractivity contribution in [3.8, 4) is 44.9 Å². The molecule has 334 valence electrons. The molecule has 11 rings (SSSR count). The first-order valence-electron chi connectivity index (χ1n) is 23.5. The minimum absolute atomic E-state index is 0.0120. The molecule has 0 N–H and O–H groups in total. The number of hydrogen-bond acceptors (Lipinski definition) is 5. The first-order valence-corrected chi connectivity index (χ1v) is 25.8. The van der Waals surface area contributed by atoms with Crippen molar-refractivity contribution >= 4 is 68.1 Å². The Hall–Kier alpha value is -7.10. The maximum absolute atomic E-state index is 6.90. The van der Waals surface area contributed by atoms with Crippen LogP contribution in [0.25, 0.3) is 33.4 Å². The standard InChI is InChI=1S/C62H54N4OTe/c1-61(2,3)46-30-27-44(28-31-46)52-24-16-23-51(43-19-11-8-12-20-43)60(52)65-41-64(55-37-45(29-33-53(55)65)42-17-9-7-10-18-42)48-21-15-22-49(39-48)67-50-32-34-58-56(40-50)66(54-25-13-14-26-57(54)68-58)59-38-47(35-36-63-59)62(4,5)6/h7-40H,41H2,1-6H3. The topological polar surface area (TPSA) is 31.8 Å². The molecule has 1 aromatic heterocycles. The Balaban J connectivity index is 0.997. The molecule has 6 heteroatoms. The van der Waals surface area contributed by atoms with Gasteiger partial charge in [0.1, 0.15) is 0 Å². The van der Waals surface area contributed by atoms with Gasteiger partial charge in [0.2, 0.25) is 0 Å². The SMILES string of the molecule is CC(C)(C)c1ccc(-c2cccc(-c3ccccc3)c2N2CN(c3cccc(Oc4ccc5c(c4)N(c4cc(C(C)(C)C)ccn4)c4ccccc4[Te]5)c3)c3cc(-c4ccccc4)ccc32)cc1. The molecular formula is C62H54N4OTe. The van der Waals surface area contributed by atoms with Crippen molar-refractivity contribution in [2.24, 2.45) is 0 Å². The van der Waals surface area contributed by atoms with Gasteiger partial charge in [-0.2, -0.15) is 0 Å². The number of nitrogens with zero attached hydrogens (tertiary/aromatic N) is 4. The van der Waals surface area contributed by atoms with Crippen LogP contribution < -0.4 is 26.7 Å². The number of pyridine rings is 1. The van der Waals surface area contributed by atoms with E-state index >= 15 is 0 Å². The van der Waals surface area contributed by atoms with Crippen LogP contribution in [-0.2, 0) is 10.8 Å². The zero-order chi connectivity index (χ0) is 46.6. The van der Waals surface area contributed by atoms with Gasteiger partial charge >= 0.3 is 245 Å². The van der Waals surface area contributed by atoms with Crippen molar-refractivity contribution in [2.45, 2.75) is 52.4 Å². The van der Waals surface area contributed by atoms with Gasteiger partial charge in [-0.1, -0.05) is 130 Å². The van der Waals surface area contributed by atoms with Crippen LogP contribution in [0.2, 0.25) is 0 Å². The van der Waals surface area contributed by atoms with Crippen LogP contribution >= 0.6 is 0 Å². The quantitative estimate of drug-likeness (QED) is 0.142. The molecule has 2 aliphatic rings. The summed E-state index contributed by atoms with van der Waals surface area (Å²) in [5.41, 5.74) is 16.6. The van der Waals surface area contributed by atoms with E-state index in [0.29, 0.717) is 6.67 Å². The summed E-state index contributed by atoms with van der Waals surface area (Å²) in [7, 11) is 0. The number of fused-ring (bicyclic) bond motifs is 3. The van der Waals surface area contributed by atoms with Crippen molar-refractivity contribution in [3.63, 3.8) is 0 Å². The molecule has 0 bridgehead atoms. The van der Waals surface area contributed by atoms with Gasteiger partial charge in [-0.25, -0.2) is 0 Å². The van der Waals surface area contributed by atoms with Gasteiger partial charge in [-0.15, -0.1) is 0 Å². The van der Waals surface area contributed by atoms with Crippen LogP contribution in [-0.4, -0.2) is 32.6 Å². The van der Waals surface area contributed by atoms with Gasteiger partial charge in [0.25, 0.3) is 0 Å². The van der Waals surface area contributed by atoms with E-state index in [1.54, 1.807) is 0 Å². The maximum Gasteiger partial charge on any atom is -0.0540 e. The average Bonchev–Trinajstić information content (AvgIpc) is 3.74. The third-order valence-electron chi connectivity index (χ3n) is 13.1. The summed E-state index contributed by atoms with van der Waals surface area (Å²) in [6, 6.07) is 72.7. The molecular weight excluding hydrogens is 944 g/mol. The summed E-state index contributed by atoms with van der Waals surface area (Å²) in [5, 5.41) is 0. The molecule has 0 fully saturated rings. The number of ether oxygens (including phenoxy) is 1. The number of anilines is 7. The van der Waals surface area contributed by atoms with Crippen molar-refractivity contribution in [3.05, 3.63) is 218 Å². The molecule has 68 heavy (non-hydrogen) atoms. The van der Waals surface area contributed by atoms with Gasteiger partial charge in [0.15, 0.2) is 0 Å². The number of benzene rings is 8. The summed E-state index contributed by atoms with van der Waals surface area (Å²) in [6.07, 6.45) is 1.95. The Labute approximate surface area is 411 Å². The fourth-order valence-corrected chi connectivity index (χ4v) is 12.4. The molecule has 0 aliphatic carbocycles. The largest absolute Gasteiger partial charge is 0.0579 e. The number of rotatable bonds is 8. The Kier molecular flexibility index (Phi) is 11.2. The summed E-state index contributed by atoms with van der Waals surface area (Å²) in [6.45, 7) is 14.2. The Morgan fingerprint density at radius 1 is 0.441 bits per heavy atom. The molecule has 0 saturated carbocycles. The predicted octanol–water partition coefficient (Wildman–Crippen LogP) is 15.2. The molecule has 3 heterocycles. The van der Waals surface area contributed by atoms with E-state index in [9.17, 15) is 0 Å². The van der Waals surface area contributed by atoms with Crippen LogP contribution in [0, 0.1) is 0 Å². The zero-order valence-electron chi connectivity index (χ0n) is 39.4. The summed E-state index contributed by atoms with van der Waals surface area (Å²) < 4.78 is 9.67. The summed E-state index contributed by atoms with van der Waals surface area (Å²) in [4.78, 5) is 12.2. The minimum atomic E-state index is -0.634. The van der Waals surface area contributed by atoms with Gasteiger partial charge in [-0.3, -0.25) is 0 Å². The molecule has 0 saturated heterocycles. The summed E-state index contributed by atoms with van der Waals surface area (Å²) >= 11 is -0.634. The maximum atomic E-state index is 6.90. The van der Waals surface area contributed by atoms with E-state index in [1.165, 1.54) is 63.1 Å². The average molecular weight is 999 g/mol. The molecule has 9 aromatic rings. The number of aromatic nitrogens is 1. The van der Waals surface area contributed by atoms with Crippen LogP contribution in [0.4, 0.5) is 39.9 Å². The van der Waals surface area contributed by atoms with E-state index in [1.807, 2.05) is 6.20 Å². The predicted molar refractivity (Wildman–Crippen MR) is 286 cm³/mol. The third-order valence-corrected chi connectivity index (χ3v) is 16.3. The molecule has 0 atom stereocenters. The Morgan fingerprint density at radius 2 is 1.07 bits per heavy atom. The van der Waals surface area contributed by atoms with Crippen LogP contribution in [0.3, 0.4) is 0 Å². The minimum Gasteiger partial charge on any atom is -0.0579 e. The van der Waals surface area contributed by atoms with Crippen molar-refractivity contribution in [1.82, 2.24) is 4.98 Å². The van der Waals surface area contributed by atoms with Crippen LogP contribution in [0.1, 0.15) is 52.7 Å². The smallest absolute Gasteiger partial charge is 0.0540 e. The fraction of sp³-hybridized carbons (Fsp3) is 0.145. The van der Waals surface area contributed by atoms with Crippen molar-refractivity contribution in [1.29, 1.82) is 0 Å². The molecule has 0 radical (unpaired) electrons. The van der Waals surface area contributed by atoms with E-state index in [0.717, 1.165) is 40.1 Å². The first-order chi connectivity index (χ1) is 33.0. The van der Waals surface area contributed by atoms with Crippen molar-refractivity contribution in [2.75, 3.05) is 21.4 Å². The molecule has 8 aromatic carbocycles. The monoisotopic (exact) mass is 1000 g/mol. The van der Waals surface area contributed by atoms with E-state index < -0.39 is 20.9 Å². The Morgan fingerprint density at radius 3 is 1.81 bits per heavy atom. The molecule has 5 nitrogen and oxygen atoms in total. The first kappa shape index (κ1) is 43.5. The second-order valence-electron chi connectivity index (χ2n) is 19.7. The second kappa shape index (κ2) is 17.5. The van der Waals surface area contributed by atoms with E-state index in [4.69, 9.17) is 9.72 Å². The zero-order valence-corrected chi connectivity index (χ0v) is 41.8. The number of para-hydroxylation sites is 2. The molecule has 0 unspecified atom stereocenters. The molecule has 2 aliphatic heterocycles. The van der Waals surface area contributed by atoms with Gasteiger partial charge in [0, 0.05) is 11.1 Å². The normalized spacial score (nSPS) is 13.2. The van der Waals surface area contributed by atoms with Crippen LogP contribution in [0.5, 0.6) is 11.5 Å². The number of hydrogen-bond donors (Lipinski definition) is 0. The van der Waals surface area contributed by atoms with E-state index in [2.05, 4.69) is 256 Å². The molecule has 0 amide bonds. The van der Waals surface area contributed by atoms with Crippen molar-refractivity contribution < 1.29 is 4.74 Å². The third kappa shape index (κ3) is 8.34. The van der Waals surface area contributed by atoms with Gasteiger partial charge < -0.3 is 0 Å². The van der Waals surface area contributed by atoms with Gasteiger partial charge in [-0.05, 0) is 27.7 Å². The molecule has 0 spiro atoms. The fourth-order valence-electron chi connectivity index (χ4n) is 9.45. The van der Waals surface area contributed by atoms with Crippen LogP contribution in [0.15, 0.2) is 206 Å². The summed E-state index contributed by atoms with van der Waals surface area (Å²) in [5.74, 6) is 2.49. The van der Waals surface area contributed by atoms with E-state index in [-0.39, 0.29) is 10.8 Å². The van der Waals surface area contributed by atoms with Gasteiger partial charge in [0.05, 0.1) is 0 Å². The second-order valence-corrected chi connectivity index (χ2v) is 22.8.